The highest BCUT2D eigenvalue weighted by Crippen LogP contribution is 2.28. The van der Waals surface area contributed by atoms with Crippen LogP contribution in [0.15, 0.2) is 12.3 Å². The van der Waals surface area contributed by atoms with Crippen LogP contribution < -0.4 is 5.32 Å². The Morgan fingerprint density at radius 3 is 2.10 bits per heavy atom. The molecule has 0 spiro atoms. The molecule has 0 saturated heterocycles. The number of anilines is 1. The molecule has 0 aliphatic heterocycles. The van der Waals surface area contributed by atoms with E-state index in [1.807, 2.05) is 27.7 Å². The lowest BCUT2D eigenvalue weighted by atomic mass is 9.88. The van der Waals surface area contributed by atoms with E-state index in [-0.39, 0.29) is 17.4 Å². The first-order valence-electron chi connectivity index (χ1n) is 6.69. The van der Waals surface area contributed by atoms with Gasteiger partial charge in [-0.15, -0.1) is 0 Å². The van der Waals surface area contributed by atoms with Gasteiger partial charge in [0.2, 0.25) is 5.95 Å². The summed E-state index contributed by atoms with van der Waals surface area (Å²) in [7, 11) is 0. The first-order valence-corrected chi connectivity index (χ1v) is 6.69. The third-order valence-corrected chi connectivity index (χ3v) is 2.59. The zero-order chi connectivity index (χ0) is 16.0. The van der Waals surface area contributed by atoms with Crippen molar-refractivity contribution in [1.29, 1.82) is 0 Å². The smallest absolute Gasteiger partial charge is 0.351 e. The highest BCUT2D eigenvalue weighted by Gasteiger charge is 2.33. The summed E-state index contributed by atoms with van der Waals surface area (Å²) in [4.78, 5) is 7.23. The number of hydrogen-bond donors (Lipinski definition) is 1. The Morgan fingerprint density at radius 1 is 1.20 bits per heavy atom. The standard InChI is InChI=1S/C11H16F3N3.C3H8/c1-7(10(2,3)4)16-9-15-6-5-8(17-9)11(12,13)14;1-3-2/h5-7H,1-4H3,(H,15,16,17);3H2,1-2H3. The Labute approximate surface area is 119 Å². The second-order valence-electron chi connectivity index (χ2n) is 5.70. The molecule has 1 aromatic rings. The van der Waals surface area contributed by atoms with Crippen molar-refractivity contribution in [2.24, 2.45) is 5.41 Å². The molecule has 0 radical (unpaired) electrons. The van der Waals surface area contributed by atoms with Gasteiger partial charge in [0, 0.05) is 12.2 Å². The van der Waals surface area contributed by atoms with Crippen LogP contribution >= 0.6 is 0 Å². The van der Waals surface area contributed by atoms with Crippen molar-refractivity contribution >= 4 is 5.95 Å². The molecule has 1 unspecified atom stereocenters. The fourth-order valence-corrected chi connectivity index (χ4v) is 0.996. The average molecular weight is 291 g/mol. The van der Waals surface area contributed by atoms with E-state index in [1.54, 1.807) is 0 Å². The highest BCUT2D eigenvalue weighted by atomic mass is 19.4. The van der Waals surface area contributed by atoms with Crippen LogP contribution in [0.1, 0.15) is 53.7 Å². The maximum atomic E-state index is 12.4. The maximum Gasteiger partial charge on any atom is 0.433 e. The number of nitrogens with one attached hydrogen (secondary N) is 1. The van der Waals surface area contributed by atoms with E-state index in [2.05, 4.69) is 29.1 Å². The molecule has 3 nitrogen and oxygen atoms in total. The van der Waals surface area contributed by atoms with Gasteiger partial charge in [0.05, 0.1) is 0 Å². The van der Waals surface area contributed by atoms with Gasteiger partial charge in [-0.2, -0.15) is 13.2 Å². The van der Waals surface area contributed by atoms with Crippen molar-refractivity contribution < 1.29 is 13.2 Å². The van der Waals surface area contributed by atoms with Gasteiger partial charge in [0.25, 0.3) is 0 Å². The number of nitrogens with zero attached hydrogens (tertiary/aromatic N) is 2. The van der Waals surface area contributed by atoms with Gasteiger partial charge < -0.3 is 5.32 Å². The summed E-state index contributed by atoms with van der Waals surface area (Å²) in [6, 6.07) is 0.818. The molecule has 20 heavy (non-hydrogen) atoms. The van der Waals surface area contributed by atoms with Crippen LogP contribution in [0.2, 0.25) is 0 Å². The van der Waals surface area contributed by atoms with Crippen LogP contribution in [-0.4, -0.2) is 16.0 Å². The summed E-state index contributed by atoms with van der Waals surface area (Å²) in [5.41, 5.74) is -1.02. The largest absolute Gasteiger partial charge is 0.433 e. The summed E-state index contributed by atoms with van der Waals surface area (Å²) in [6.45, 7) is 12.1. The third-order valence-electron chi connectivity index (χ3n) is 2.59. The van der Waals surface area contributed by atoms with Crippen molar-refractivity contribution in [3.05, 3.63) is 18.0 Å². The van der Waals surface area contributed by atoms with Crippen molar-refractivity contribution in [2.45, 2.75) is 60.2 Å². The minimum atomic E-state index is -4.44. The molecule has 0 amide bonds. The third kappa shape index (κ3) is 6.73. The molecule has 0 bridgehead atoms. The van der Waals surface area contributed by atoms with Crippen molar-refractivity contribution in [3.8, 4) is 0 Å². The first kappa shape index (κ1) is 18.7. The molecule has 0 saturated carbocycles. The second kappa shape index (κ2) is 7.45. The predicted octanol–water partition coefficient (Wildman–Crippen LogP) is 4.76. The number of aromatic nitrogens is 2. The topological polar surface area (TPSA) is 37.8 Å². The van der Waals surface area contributed by atoms with Crippen LogP contribution in [0.3, 0.4) is 0 Å². The molecule has 1 atom stereocenters. The minimum Gasteiger partial charge on any atom is -0.351 e. The Morgan fingerprint density at radius 2 is 1.70 bits per heavy atom. The van der Waals surface area contributed by atoms with Crippen molar-refractivity contribution in [1.82, 2.24) is 9.97 Å². The van der Waals surface area contributed by atoms with Crippen LogP contribution in [-0.2, 0) is 6.18 Å². The Hall–Kier alpha value is -1.33. The second-order valence-corrected chi connectivity index (χ2v) is 5.70. The summed E-state index contributed by atoms with van der Waals surface area (Å²) >= 11 is 0. The molecule has 1 aromatic heterocycles. The molecule has 1 rings (SSSR count). The van der Waals surface area contributed by atoms with Gasteiger partial charge in [0.15, 0.2) is 0 Å². The lowest BCUT2D eigenvalue weighted by Crippen LogP contribution is -2.31. The van der Waals surface area contributed by atoms with E-state index in [9.17, 15) is 13.2 Å². The van der Waals surface area contributed by atoms with Crippen LogP contribution in [0, 0.1) is 5.41 Å². The molecule has 116 valence electrons. The normalized spacial score (nSPS) is 13.2. The van der Waals surface area contributed by atoms with E-state index in [1.165, 1.54) is 6.42 Å². The SMILES string of the molecule is CC(Nc1nccc(C(F)(F)F)n1)C(C)(C)C.CCC. The molecule has 0 aromatic carbocycles. The molecule has 0 aliphatic rings. The van der Waals surface area contributed by atoms with Crippen LogP contribution in [0.4, 0.5) is 19.1 Å². The van der Waals surface area contributed by atoms with E-state index in [0.29, 0.717) is 0 Å². The Bertz CT molecular complexity index is 397. The van der Waals surface area contributed by atoms with Crippen molar-refractivity contribution in [3.63, 3.8) is 0 Å². The fraction of sp³-hybridized carbons (Fsp3) is 0.714. The number of alkyl halides is 3. The molecule has 1 heterocycles. The van der Waals surface area contributed by atoms with E-state index in [4.69, 9.17) is 0 Å². The van der Waals surface area contributed by atoms with Gasteiger partial charge in [-0.3, -0.25) is 0 Å². The monoisotopic (exact) mass is 291 g/mol. The summed E-state index contributed by atoms with van der Waals surface area (Å²) < 4.78 is 37.3. The number of rotatable bonds is 2. The van der Waals surface area contributed by atoms with Gasteiger partial charge in [-0.1, -0.05) is 41.0 Å². The molecule has 1 N–H and O–H groups in total. The molecule has 6 heteroatoms. The number of hydrogen-bond acceptors (Lipinski definition) is 3. The number of halogens is 3. The van der Waals surface area contributed by atoms with E-state index < -0.39 is 11.9 Å². The van der Waals surface area contributed by atoms with Crippen molar-refractivity contribution in [2.75, 3.05) is 5.32 Å². The molecule has 0 fully saturated rings. The summed E-state index contributed by atoms with van der Waals surface area (Å²) in [6.07, 6.45) is -2.09. The van der Waals surface area contributed by atoms with E-state index in [0.717, 1.165) is 12.3 Å². The van der Waals surface area contributed by atoms with Crippen LogP contribution in [0.25, 0.3) is 0 Å². The lowest BCUT2D eigenvalue weighted by molar-refractivity contribution is -0.141. The van der Waals surface area contributed by atoms with Gasteiger partial charge in [-0.05, 0) is 18.4 Å². The summed E-state index contributed by atoms with van der Waals surface area (Å²) in [5.74, 6) is 0.00208. The fourth-order valence-electron chi connectivity index (χ4n) is 0.996. The zero-order valence-electron chi connectivity index (χ0n) is 13.0. The lowest BCUT2D eigenvalue weighted by Gasteiger charge is -2.28. The Balaban J connectivity index is 0.00000110. The minimum absolute atomic E-state index is 0.00208. The first-order chi connectivity index (χ1) is 9.02. The quantitative estimate of drug-likeness (QED) is 0.853. The molecular formula is C14H24F3N3. The van der Waals surface area contributed by atoms with E-state index >= 15 is 0 Å². The summed E-state index contributed by atoms with van der Waals surface area (Å²) in [5, 5.41) is 2.87. The highest BCUT2D eigenvalue weighted by molar-refractivity contribution is 5.28. The zero-order valence-corrected chi connectivity index (χ0v) is 13.0. The molecule has 0 aliphatic carbocycles. The Kier molecular flexibility index (Phi) is 6.96. The predicted molar refractivity (Wildman–Crippen MR) is 75.5 cm³/mol. The van der Waals surface area contributed by atoms with Gasteiger partial charge in [-0.25, -0.2) is 9.97 Å². The maximum absolute atomic E-state index is 12.4. The van der Waals surface area contributed by atoms with Gasteiger partial charge >= 0.3 is 6.18 Å². The average Bonchev–Trinajstić information content (AvgIpc) is 2.28. The van der Waals surface area contributed by atoms with Gasteiger partial charge in [0.1, 0.15) is 5.69 Å². The molecular weight excluding hydrogens is 267 g/mol. The van der Waals surface area contributed by atoms with Crippen LogP contribution in [0.5, 0.6) is 0 Å².